The molecular weight excluding hydrogens is 388 g/mol. The van der Waals surface area contributed by atoms with Crippen molar-refractivity contribution in [2.75, 3.05) is 43.0 Å². The number of anilines is 2. The van der Waals surface area contributed by atoms with Gasteiger partial charge in [-0.25, -0.2) is 13.4 Å². The third kappa shape index (κ3) is 3.51. The zero-order valence-electron chi connectivity index (χ0n) is 17.0. The number of sulfonamides is 1. The zero-order valence-corrected chi connectivity index (χ0v) is 17.8. The molecule has 0 aliphatic carbocycles. The Morgan fingerprint density at radius 3 is 2.41 bits per heavy atom. The Labute approximate surface area is 172 Å². The second kappa shape index (κ2) is 7.11. The highest BCUT2D eigenvalue weighted by atomic mass is 32.2. The summed E-state index contributed by atoms with van der Waals surface area (Å²) in [5, 5.41) is 0. The van der Waals surface area contributed by atoms with Crippen LogP contribution in [-0.2, 0) is 20.2 Å². The topological polar surface area (TPSA) is 73.8 Å². The van der Waals surface area contributed by atoms with Gasteiger partial charge in [-0.15, -0.1) is 0 Å². The third-order valence-electron chi connectivity index (χ3n) is 5.88. The molecule has 1 fully saturated rings. The van der Waals surface area contributed by atoms with Crippen LogP contribution in [0.3, 0.4) is 0 Å². The van der Waals surface area contributed by atoms with Crippen molar-refractivity contribution in [1.82, 2.24) is 9.29 Å². The molecule has 2 aliphatic rings. The highest BCUT2D eigenvalue weighted by Gasteiger charge is 2.37. The van der Waals surface area contributed by atoms with Crippen molar-refractivity contribution in [1.29, 1.82) is 0 Å². The van der Waals surface area contributed by atoms with Gasteiger partial charge in [0.25, 0.3) is 0 Å². The van der Waals surface area contributed by atoms with E-state index < -0.39 is 15.4 Å². The Kier molecular flexibility index (Phi) is 4.86. The molecule has 0 atom stereocenters. The van der Waals surface area contributed by atoms with Crippen LogP contribution in [0.4, 0.5) is 11.5 Å². The van der Waals surface area contributed by atoms with Crippen LogP contribution in [0.2, 0.25) is 0 Å². The van der Waals surface area contributed by atoms with Crippen molar-refractivity contribution >= 4 is 27.4 Å². The van der Waals surface area contributed by atoms with Gasteiger partial charge in [0.15, 0.2) is 0 Å². The molecule has 29 heavy (non-hydrogen) atoms. The first-order valence-corrected chi connectivity index (χ1v) is 11.2. The predicted octanol–water partition coefficient (Wildman–Crippen LogP) is 2.24. The number of aromatic nitrogens is 1. The molecule has 0 N–H and O–H groups in total. The number of rotatable bonds is 3. The number of hydrogen-bond acceptors (Lipinski definition) is 5. The fraction of sp³-hybridized carbons (Fsp3) is 0.429. The van der Waals surface area contributed by atoms with Crippen molar-refractivity contribution in [3.8, 4) is 0 Å². The van der Waals surface area contributed by atoms with Gasteiger partial charge in [-0.1, -0.05) is 19.9 Å². The molecule has 1 aromatic carbocycles. The van der Waals surface area contributed by atoms with E-state index in [2.05, 4.69) is 9.88 Å². The first-order chi connectivity index (χ1) is 13.7. The van der Waals surface area contributed by atoms with Crippen molar-refractivity contribution in [3.05, 3.63) is 48.2 Å². The number of carbonyl (C=O) groups is 1. The summed E-state index contributed by atoms with van der Waals surface area (Å²) in [4.78, 5) is 20.6. The monoisotopic (exact) mass is 414 g/mol. The highest BCUT2D eigenvalue weighted by molar-refractivity contribution is 7.89. The molecule has 2 aromatic rings. The summed E-state index contributed by atoms with van der Waals surface area (Å²) >= 11 is 0. The summed E-state index contributed by atoms with van der Waals surface area (Å²) in [7, 11) is -1.86. The van der Waals surface area contributed by atoms with Crippen LogP contribution in [0.1, 0.15) is 25.8 Å². The highest BCUT2D eigenvalue weighted by Crippen LogP contribution is 2.41. The Morgan fingerprint density at radius 1 is 1.03 bits per heavy atom. The largest absolute Gasteiger partial charge is 0.354 e. The van der Waals surface area contributed by atoms with Crippen LogP contribution in [0.5, 0.6) is 0 Å². The van der Waals surface area contributed by atoms with E-state index in [0.717, 1.165) is 17.1 Å². The molecule has 4 rings (SSSR count). The Hall–Kier alpha value is -2.45. The van der Waals surface area contributed by atoms with Crippen molar-refractivity contribution in [2.24, 2.45) is 0 Å². The molecule has 1 aromatic heterocycles. The molecule has 1 amide bonds. The van der Waals surface area contributed by atoms with Gasteiger partial charge in [0.1, 0.15) is 5.82 Å². The normalized spacial score (nSPS) is 19.9. The minimum Gasteiger partial charge on any atom is -0.354 e. The molecule has 8 heteroatoms. The van der Waals surface area contributed by atoms with Gasteiger partial charge in [0.2, 0.25) is 15.9 Å². The summed E-state index contributed by atoms with van der Waals surface area (Å²) in [5.74, 6) is 0.913. The molecule has 0 radical (unpaired) electrons. The number of piperazine rings is 1. The number of amides is 1. The number of benzene rings is 1. The summed E-state index contributed by atoms with van der Waals surface area (Å²) < 4.78 is 28.1. The average molecular weight is 415 g/mol. The quantitative estimate of drug-likeness (QED) is 0.770. The molecule has 3 heterocycles. The van der Waals surface area contributed by atoms with E-state index in [0.29, 0.717) is 37.5 Å². The van der Waals surface area contributed by atoms with Crippen molar-refractivity contribution in [3.63, 3.8) is 0 Å². The van der Waals surface area contributed by atoms with Crippen LogP contribution in [-0.4, -0.2) is 56.8 Å². The third-order valence-corrected chi connectivity index (χ3v) is 7.77. The van der Waals surface area contributed by atoms with Crippen molar-refractivity contribution in [2.45, 2.75) is 30.6 Å². The second-order valence-electron chi connectivity index (χ2n) is 8.27. The minimum atomic E-state index is -3.60. The lowest BCUT2D eigenvalue weighted by atomic mass is 9.77. The van der Waals surface area contributed by atoms with E-state index in [1.54, 1.807) is 40.6 Å². The fourth-order valence-corrected chi connectivity index (χ4v) is 5.53. The maximum Gasteiger partial charge on any atom is 0.243 e. The van der Waals surface area contributed by atoms with Gasteiger partial charge < -0.3 is 9.80 Å². The second-order valence-corrected chi connectivity index (χ2v) is 10.2. The Balaban J connectivity index is 1.58. The summed E-state index contributed by atoms with van der Waals surface area (Å²) in [6.07, 6.45) is 2.11. The van der Waals surface area contributed by atoms with Crippen LogP contribution >= 0.6 is 0 Å². The lowest BCUT2D eigenvalue weighted by Gasteiger charge is -2.38. The number of carbonyl (C=O) groups excluding carboxylic acids is 1. The maximum atomic E-state index is 13.3. The smallest absolute Gasteiger partial charge is 0.243 e. The fourth-order valence-electron chi connectivity index (χ4n) is 4.08. The average Bonchev–Trinajstić information content (AvgIpc) is 2.72. The molecule has 0 saturated carbocycles. The van der Waals surface area contributed by atoms with E-state index in [-0.39, 0.29) is 5.91 Å². The van der Waals surface area contributed by atoms with Crippen LogP contribution in [0, 0.1) is 0 Å². The number of pyridine rings is 1. The first-order valence-electron chi connectivity index (χ1n) is 9.77. The summed E-state index contributed by atoms with van der Waals surface area (Å²) in [6.45, 7) is 6.00. The van der Waals surface area contributed by atoms with E-state index in [9.17, 15) is 13.2 Å². The minimum absolute atomic E-state index is 0.0451. The van der Waals surface area contributed by atoms with Gasteiger partial charge in [0.05, 0.1) is 4.90 Å². The van der Waals surface area contributed by atoms with Crippen LogP contribution in [0.15, 0.2) is 47.5 Å². The summed E-state index contributed by atoms with van der Waals surface area (Å²) in [5.41, 5.74) is 1.28. The molecule has 0 spiro atoms. The SMILES string of the molecule is CN1C(=O)CC(C)(C)c2cc(S(=O)(=O)N3CCN(c4ccccn4)CC3)ccc21. The molecule has 1 saturated heterocycles. The molecule has 154 valence electrons. The standard InChI is InChI=1S/C21H26N4O3S/c1-21(2)15-20(26)23(3)18-8-7-16(14-17(18)21)29(27,28)25-12-10-24(11-13-25)19-6-4-5-9-22-19/h4-9,14H,10-13,15H2,1-3H3. The van der Waals surface area contributed by atoms with E-state index in [4.69, 9.17) is 0 Å². The van der Waals surface area contributed by atoms with Crippen molar-refractivity contribution < 1.29 is 13.2 Å². The lowest BCUT2D eigenvalue weighted by Crippen LogP contribution is -2.49. The lowest BCUT2D eigenvalue weighted by molar-refractivity contribution is -0.119. The number of hydrogen-bond donors (Lipinski definition) is 0. The first kappa shape index (κ1) is 19.8. The van der Waals surface area contributed by atoms with Gasteiger partial charge >= 0.3 is 0 Å². The van der Waals surface area contributed by atoms with Gasteiger partial charge in [0, 0.05) is 56.9 Å². The van der Waals surface area contributed by atoms with Gasteiger partial charge in [-0.3, -0.25) is 4.79 Å². The van der Waals surface area contributed by atoms with E-state index in [1.807, 2.05) is 32.0 Å². The number of fused-ring (bicyclic) bond motifs is 1. The zero-order chi connectivity index (χ0) is 20.8. The molecule has 0 unspecified atom stereocenters. The van der Waals surface area contributed by atoms with Crippen LogP contribution < -0.4 is 9.80 Å². The molecule has 0 bridgehead atoms. The van der Waals surface area contributed by atoms with Crippen LogP contribution in [0.25, 0.3) is 0 Å². The van der Waals surface area contributed by atoms with Gasteiger partial charge in [-0.05, 0) is 35.9 Å². The Bertz CT molecular complexity index is 1030. The maximum absolute atomic E-state index is 13.3. The molecule has 7 nitrogen and oxygen atoms in total. The summed E-state index contributed by atoms with van der Waals surface area (Å²) in [6, 6.07) is 10.9. The van der Waals surface area contributed by atoms with E-state index in [1.165, 1.54) is 0 Å². The Morgan fingerprint density at radius 2 is 1.76 bits per heavy atom. The molecular formula is C21H26N4O3S. The number of nitrogens with zero attached hydrogens (tertiary/aromatic N) is 4. The molecule has 2 aliphatic heterocycles. The van der Waals surface area contributed by atoms with E-state index >= 15 is 0 Å². The predicted molar refractivity (Wildman–Crippen MR) is 113 cm³/mol. The van der Waals surface area contributed by atoms with Gasteiger partial charge in [-0.2, -0.15) is 4.31 Å².